The Hall–Kier alpha value is -3.56. The minimum Gasteiger partial charge on any atom is -0.508 e. The standard InChI is InChI=1S/C34H37F2N5O2/c1-2-20-5-3-6-21-11-25(42)12-27(31(20)21)26-14-30-28(13-29(26)36)32(40-17-23-7-8-24(18-40)37-23)39-33(38-30)43-19-34-9-4-10-41(34)16-22(35)15-34/h3,5-6,11-14,22-24,37,42H,2,4,7-10,15-19H2,1H3/t22-,23?,24?,34+/m1/s1. The number of ether oxygens (including phenoxy) is 1. The molecule has 0 radical (unpaired) electrons. The van der Waals surface area contributed by atoms with E-state index in [1.54, 1.807) is 24.3 Å². The number of alkyl halides is 1. The first kappa shape index (κ1) is 27.0. The smallest absolute Gasteiger partial charge is 0.319 e. The zero-order valence-electron chi connectivity index (χ0n) is 24.5. The van der Waals surface area contributed by atoms with Crippen molar-refractivity contribution in [2.45, 2.75) is 69.2 Å². The van der Waals surface area contributed by atoms with Gasteiger partial charge >= 0.3 is 6.01 Å². The van der Waals surface area contributed by atoms with Gasteiger partial charge in [0.05, 0.1) is 11.1 Å². The number of nitrogens with zero attached hydrogens (tertiary/aromatic N) is 4. The van der Waals surface area contributed by atoms with Crippen molar-refractivity contribution in [2.24, 2.45) is 0 Å². The van der Waals surface area contributed by atoms with Crippen molar-refractivity contribution in [2.75, 3.05) is 37.7 Å². The molecule has 43 heavy (non-hydrogen) atoms. The molecule has 8 rings (SSSR count). The van der Waals surface area contributed by atoms with E-state index in [9.17, 15) is 9.50 Å². The third-order valence-corrected chi connectivity index (χ3v) is 10.2. The molecule has 1 aromatic heterocycles. The van der Waals surface area contributed by atoms with Gasteiger partial charge in [0, 0.05) is 49.1 Å². The molecule has 4 aliphatic rings. The van der Waals surface area contributed by atoms with E-state index in [4.69, 9.17) is 14.7 Å². The highest BCUT2D eigenvalue weighted by Crippen LogP contribution is 2.42. The Balaban J connectivity index is 1.26. The summed E-state index contributed by atoms with van der Waals surface area (Å²) in [5.41, 5.74) is 2.36. The van der Waals surface area contributed by atoms with Crippen molar-refractivity contribution in [3.8, 4) is 22.9 Å². The molecule has 7 nitrogen and oxygen atoms in total. The first-order valence-corrected chi connectivity index (χ1v) is 15.7. The number of hydrogen-bond acceptors (Lipinski definition) is 7. The number of fused-ring (bicyclic) bond motifs is 5. The monoisotopic (exact) mass is 585 g/mol. The maximum atomic E-state index is 16.2. The van der Waals surface area contributed by atoms with Gasteiger partial charge in [0.2, 0.25) is 0 Å². The maximum Gasteiger partial charge on any atom is 0.319 e. The van der Waals surface area contributed by atoms with E-state index in [0.29, 0.717) is 59.5 Å². The van der Waals surface area contributed by atoms with E-state index in [0.717, 1.165) is 68.1 Å². The van der Waals surface area contributed by atoms with Gasteiger partial charge in [-0.2, -0.15) is 9.97 Å². The second-order valence-electron chi connectivity index (χ2n) is 12.9. The highest BCUT2D eigenvalue weighted by Gasteiger charge is 2.49. The summed E-state index contributed by atoms with van der Waals surface area (Å²) in [5, 5.41) is 16.7. The molecule has 0 aliphatic carbocycles. The third kappa shape index (κ3) is 4.59. The van der Waals surface area contributed by atoms with Gasteiger partial charge in [-0.15, -0.1) is 0 Å². The number of piperazine rings is 1. The average molecular weight is 586 g/mol. The van der Waals surface area contributed by atoms with Crippen LogP contribution in [0.5, 0.6) is 11.8 Å². The zero-order valence-corrected chi connectivity index (χ0v) is 24.5. The molecule has 0 amide bonds. The Labute approximate surface area is 249 Å². The molecule has 0 spiro atoms. The Morgan fingerprint density at radius 2 is 1.91 bits per heavy atom. The van der Waals surface area contributed by atoms with Crippen molar-refractivity contribution in [1.29, 1.82) is 0 Å². The number of nitrogens with one attached hydrogen (secondary N) is 1. The topological polar surface area (TPSA) is 73.8 Å². The van der Waals surface area contributed by atoms with Crippen molar-refractivity contribution in [3.05, 3.63) is 53.8 Å². The molecule has 4 aliphatic heterocycles. The van der Waals surface area contributed by atoms with Crippen LogP contribution in [0.25, 0.3) is 32.8 Å². The molecule has 4 atom stereocenters. The lowest BCUT2D eigenvalue weighted by molar-refractivity contribution is 0.107. The number of aryl methyl sites for hydroxylation is 1. The van der Waals surface area contributed by atoms with Crippen LogP contribution in [0.15, 0.2) is 42.5 Å². The van der Waals surface area contributed by atoms with Crippen molar-refractivity contribution >= 4 is 27.5 Å². The van der Waals surface area contributed by atoms with Crippen LogP contribution >= 0.6 is 0 Å². The van der Waals surface area contributed by atoms with E-state index in [2.05, 4.69) is 22.0 Å². The lowest BCUT2D eigenvalue weighted by atomic mass is 9.92. The number of hydrogen-bond donors (Lipinski definition) is 2. The average Bonchev–Trinajstić information content (AvgIpc) is 3.64. The fourth-order valence-electron chi connectivity index (χ4n) is 8.24. The van der Waals surface area contributed by atoms with Crippen LogP contribution in [0.3, 0.4) is 0 Å². The summed E-state index contributed by atoms with van der Waals surface area (Å²) in [4.78, 5) is 14.2. The van der Waals surface area contributed by atoms with Crippen LogP contribution < -0.4 is 15.0 Å². The molecular formula is C34H37F2N5O2. The summed E-state index contributed by atoms with van der Waals surface area (Å²) in [6.45, 7) is 5.31. The van der Waals surface area contributed by atoms with E-state index in [-0.39, 0.29) is 23.1 Å². The number of benzene rings is 3. The Kier molecular flexibility index (Phi) is 6.45. The van der Waals surface area contributed by atoms with Crippen LogP contribution in [-0.4, -0.2) is 76.6 Å². The van der Waals surface area contributed by atoms with Gasteiger partial charge in [0.15, 0.2) is 0 Å². The number of aromatic hydroxyl groups is 1. The first-order valence-electron chi connectivity index (χ1n) is 15.7. The lowest BCUT2D eigenvalue weighted by Gasteiger charge is -2.34. The molecule has 2 N–H and O–H groups in total. The zero-order chi connectivity index (χ0) is 29.3. The number of anilines is 1. The van der Waals surface area contributed by atoms with Gasteiger partial charge in [-0.25, -0.2) is 8.78 Å². The lowest BCUT2D eigenvalue weighted by Crippen LogP contribution is -2.51. The largest absolute Gasteiger partial charge is 0.508 e. The number of rotatable bonds is 6. The molecule has 2 bridgehead atoms. The van der Waals surface area contributed by atoms with Crippen molar-refractivity contribution in [1.82, 2.24) is 20.2 Å². The van der Waals surface area contributed by atoms with E-state index in [1.807, 2.05) is 18.2 Å². The van der Waals surface area contributed by atoms with Gasteiger partial charge in [-0.1, -0.05) is 25.1 Å². The fourth-order valence-corrected chi connectivity index (χ4v) is 8.24. The van der Waals surface area contributed by atoms with E-state index in [1.165, 1.54) is 0 Å². The first-order chi connectivity index (χ1) is 20.9. The van der Waals surface area contributed by atoms with Crippen LogP contribution in [0.4, 0.5) is 14.6 Å². The summed E-state index contributed by atoms with van der Waals surface area (Å²) in [7, 11) is 0. The maximum absolute atomic E-state index is 16.2. The van der Waals surface area contributed by atoms with Gasteiger partial charge in [-0.05, 0) is 84.8 Å². The summed E-state index contributed by atoms with van der Waals surface area (Å²) in [6.07, 6.45) is 4.55. The fraction of sp³-hybridized carbons (Fsp3) is 0.471. The van der Waals surface area contributed by atoms with Gasteiger partial charge < -0.3 is 20.1 Å². The van der Waals surface area contributed by atoms with Gasteiger partial charge in [-0.3, -0.25) is 4.90 Å². The SMILES string of the molecule is CCc1cccc2cc(O)cc(-c3cc4nc(OC[C@@]56CCCN5C[C@H](F)C6)nc(N5CC6CCC(C5)N6)c4cc3F)c12. The second-order valence-corrected chi connectivity index (χ2v) is 12.9. The number of phenols is 1. The van der Waals surface area contributed by atoms with Gasteiger partial charge in [0.1, 0.15) is 30.2 Å². The van der Waals surface area contributed by atoms with Crippen LogP contribution in [-0.2, 0) is 6.42 Å². The Bertz CT molecular complexity index is 1720. The van der Waals surface area contributed by atoms with Crippen LogP contribution in [0.2, 0.25) is 0 Å². The number of phenolic OH excluding ortho intramolecular Hbond substituents is 1. The van der Waals surface area contributed by atoms with Crippen molar-refractivity contribution < 1.29 is 18.6 Å². The minimum atomic E-state index is -0.844. The van der Waals surface area contributed by atoms with E-state index >= 15 is 4.39 Å². The molecule has 0 saturated carbocycles. The third-order valence-electron chi connectivity index (χ3n) is 10.2. The van der Waals surface area contributed by atoms with E-state index < -0.39 is 6.17 Å². The summed E-state index contributed by atoms with van der Waals surface area (Å²) < 4.78 is 37.0. The quantitative estimate of drug-likeness (QED) is 0.298. The number of aromatic nitrogens is 2. The summed E-state index contributed by atoms with van der Waals surface area (Å²) >= 11 is 0. The molecular weight excluding hydrogens is 548 g/mol. The Morgan fingerprint density at radius 1 is 1.07 bits per heavy atom. The summed E-state index contributed by atoms with van der Waals surface area (Å²) in [6, 6.07) is 13.6. The molecule has 3 aromatic carbocycles. The molecule has 4 aromatic rings. The normalized spacial score (nSPS) is 27.0. The predicted molar refractivity (Wildman–Crippen MR) is 164 cm³/mol. The molecule has 4 saturated heterocycles. The molecule has 9 heteroatoms. The highest BCUT2D eigenvalue weighted by molar-refractivity contribution is 6.02. The Morgan fingerprint density at radius 3 is 2.72 bits per heavy atom. The highest BCUT2D eigenvalue weighted by atomic mass is 19.1. The summed E-state index contributed by atoms with van der Waals surface area (Å²) in [5.74, 6) is 0.374. The minimum absolute atomic E-state index is 0.0852. The molecule has 4 fully saturated rings. The van der Waals surface area contributed by atoms with Crippen molar-refractivity contribution in [3.63, 3.8) is 0 Å². The molecule has 5 heterocycles. The molecule has 2 unspecified atom stereocenters. The van der Waals surface area contributed by atoms with Crippen LogP contribution in [0, 0.1) is 5.82 Å². The van der Waals surface area contributed by atoms with Gasteiger partial charge in [0.25, 0.3) is 0 Å². The number of halogens is 2. The van der Waals surface area contributed by atoms with Crippen LogP contribution in [0.1, 0.15) is 44.6 Å². The predicted octanol–water partition coefficient (Wildman–Crippen LogP) is 5.75. The second kappa shape index (κ2) is 10.3. The molecule has 224 valence electrons.